The molecule has 1 aromatic carbocycles. The van der Waals surface area contributed by atoms with Gasteiger partial charge in [0.1, 0.15) is 5.75 Å². The first kappa shape index (κ1) is 15.2. The molecule has 0 amide bonds. The molecule has 0 aliphatic heterocycles. The Labute approximate surface area is 113 Å². The van der Waals surface area contributed by atoms with Gasteiger partial charge in [-0.2, -0.15) is 0 Å². The lowest BCUT2D eigenvalue weighted by molar-refractivity contribution is 0.0422. The van der Waals surface area contributed by atoms with E-state index in [4.69, 9.17) is 14.6 Å². The summed E-state index contributed by atoms with van der Waals surface area (Å²) < 4.78 is 10.4. The zero-order valence-electron chi connectivity index (χ0n) is 11.3. The maximum Gasteiger partial charge on any atom is 0.338 e. The lowest BCUT2D eigenvalue weighted by Gasteiger charge is -2.11. The molecular formula is C15H20O4. The van der Waals surface area contributed by atoms with Crippen LogP contribution < -0.4 is 0 Å². The molecule has 0 saturated heterocycles. The van der Waals surface area contributed by atoms with E-state index in [0.29, 0.717) is 18.6 Å². The van der Waals surface area contributed by atoms with Crippen LogP contribution in [0.2, 0.25) is 0 Å². The van der Waals surface area contributed by atoms with Crippen LogP contribution in [-0.4, -0.2) is 30.9 Å². The van der Waals surface area contributed by atoms with Gasteiger partial charge in [0.15, 0.2) is 0 Å². The van der Waals surface area contributed by atoms with Crippen molar-refractivity contribution < 1.29 is 19.4 Å². The first-order valence-electron chi connectivity index (χ1n) is 6.33. The number of benzene rings is 1. The second kappa shape index (κ2) is 8.32. The summed E-state index contributed by atoms with van der Waals surface area (Å²) in [6.45, 7) is 2.35. The number of allylic oxidation sites excluding steroid dienone is 1. The van der Waals surface area contributed by atoms with Gasteiger partial charge in [0.2, 0.25) is 0 Å². The standard InChI is InChI=1S/C15H20O4/c1-3-4-5-14(18-2)10-11-19-15(17)12-6-8-13(16)9-7-12/h4-9,14,16H,3,10-11H2,1-2H3. The highest BCUT2D eigenvalue weighted by Crippen LogP contribution is 2.11. The molecule has 1 N–H and O–H groups in total. The Hall–Kier alpha value is -1.81. The molecule has 4 nitrogen and oxygen atoms in total. The molecule has 104 valence electrons. The van der Waals surface area contributed by atoms with Crippen molar-refractivity contribution in [3.8, 4) is 5.75 Å². The van der Waals surface area contributed by atoms with Crippen LogP contribution >= 0.6 is 0 Å². The van der Waals surface area contributed by atoms with Crippen LogP contribution in [0, 0.1) is 0 Å². The summed E-state index contributed by atoms with van der Waals surface area (Å²) in [7, 11) is 1.63. The van der Waals surface area contributed by atoms with E-state index in [2.05, 4.69) is 0 Å². The van der Waals surface area contributed by atoms with Crippen molar-refractivity contribution in [2.75, 3.05) is 13.7 Å². The third kappa shape index (κ3) is 5.57. The third-order valence-corrected chi connectivity index (χ3v) is 2.63. The molecule has 4 heteroatoms. The first-order valence-corrected chi connectivity index (χ1v) is 6.33. The zero-order chi connectivity index (χ0) is 14.1. The third-order valence-electron chi connectivity index (χ3n) is 2.63. The summed E-state index contributed by atoms with van der Waals surface area (Å²) in [6.07, 6.45) is 5.53. The number of esters is 1. The minimum atomic E-state index is -0.394. The van der Waals surface area contributed by atoms with E-state index >= 15 is 0 Å². The van der Waals surface area contributed by atoms with E-state index in [1.807, 2.05) is 19.1 Å². The van der Waals surface area contributed by atoms with Crippen LogP contribution in [0.5, 0.6) is 5.75 Å². The van der Waals surface area contributed by atoms with Crippen molar-refractivity contribution in [1.82, 2.24) is 0 Å². The van der Waals surface area contributed by atoms with Gasteiger partial charge >= 0.3 is 5.97 Å². The number of carbonyl (C=O) groups excluding carboxylic acids is 1. The van der Waals surface area contributed by atoms with Crippen LogP contribution in [0.15, 0.2) is 36.4 Å². The molecule has 0 aliphatic rings. The van der Waals surface area contributed by atoms with Gasteiger partial charge < -0.3 is 14.6 Å². The molecule has 0 saturated carbocycles. The highest BCUT2D eigenvalue weighted by Gasteiger charge is 2.08. The van der Waals surface area contributed by atoms with Gasteiger partial charge in [0.05, 0.1) is 18.3 Å². The summed E-state index contributed by atoms with van der Waals surface area (Å²) in [4.78, 5) is 11.7. The molecule has 0 bridgehead atoms. The van der Waals surface area contributed by atoms with Crippen molar-refractivity contribution in [1.29, 1.82) is 0 Å². The van der Waals surface area contributed by atoms with Gasteiger partial charge in [-0.15, -0.1) is 0 Å². The molecule has 0 heterocycles. The Morgan fingerprint density at radius 3 is 2.63 bits per heavy atom. The van der Waals surface area contributed by atoms with E-state index in [1.165, 1.54) is 24.3 Å². The predicted molar refractivity (Wildman–Crippen MR) is 73.2 cm³/mol. The fraction of sp³-hybridized carbons (Fsp3) is 0.400. The Morgan fingerprint density at radius 2 is 2.05 bits per heavy atom. The van der Waals surface area contributed by atoms with Gasteiger partial charge in [-0.3, -0.25) is 0 Å². The lowest BCUT2D eigenvalue weighted by Crippen LogP contribution is -2.13. The minimum absolute atomic E-state index is 0.0347. The Bertz CT molecular complexity index is 409. The van der Waals surface area contributed by atoms with Gasteiger partial charge in [0.25, 0.3) is 0 Å². The Kier molecular flexibility index (Phi) is 6.68. The van der Waals surface area contributed by atoms with Crippen molar-refractivity contribution in [3.05, 3.63) is 42.0 Å². The van der Waals surface area contributed by atoms with E-state index in [1.54, 1.807) is 7.11 Å². The summed E-state index contributed by atoms with van der Waals surface area (Å²) >= 11 is 0. The zero-order valence-corrected chi connectivity index (χ0v) is 11.3. The molecule has 0 aromatic heterocycles. The largest absolute Gasteiger partial charge is 0.508 e. The Morgan fingerprint density at radius 1 is 1.37 bits per heavy atom. The lowest BCUT2D eigenvalue weighted by atomic mass is 10.2. The van der Waals surface area contributed by atoms with Crippen molar-refractivity contribution in [2.24, 2.45) is 0 Å². The number of aromatic hydroxyl groups is 1. The van der Waals surface area contributed by atoms with Crippen LogP contribution in [0.3, 0.4) is 0 Å². The average Bonchev–Trinajstić information content (AvgIpc) is 2.43. The topological polar surface area (TPSA) is 55.8 Å². The van der Waals surface area contributed by atoms with Crippen molar-refractivity contribution in [3.63, 3.8) is 0 Å². The molecule has 0 fully saturated rings. The van der Waals surface area contributed by atoms with Crippen LogP contribution in [0.25, 0.3) is 0 Å². The number of hydrogen-bond acceptors (Lipinski definition) is 4. The SMILES string of the molecule is CCC=CC(CCOC(=O)c1ccc(O)cc1)OC. The summed E-state index contributed by atoms with van der Waals surface area (Å²) in [6, 6.07) is 5.97. The number of phenols is 1. The number of phenolic OH excluding ortho intramolecular Hbond substituents is 1. The fourth-order valence-electron chi connectivity index (χ4n) is 1.53. The number of rotatable bonds is 7. The molecule has 1 rings (SSSR count). The maximum atomic E-state index is 11.7. The molecule has 0 radical (unpaired) electrons. The molecular weight excluding hydrogens is 244 g/mol. The number of methoxy groups -OCH3 is 1. The average molecular weight is 264 g/mol. The number of ether oxygens (including phenoxy) is 2. The van der Waals surface area contributed by atoms with Crippen molar-refractivity contribution >= 4 is 5.97 Å². The van der Waals surface area contributed by atoms with E-state index in [0.717, 1.165) is 6.42 Å². The maximum absolute atomic E-state index is 11.7. The molecule has 19 heavy (non-hydrogen) atoms. The van der Waals surface area contributed by atoms with Crippen LogP contribution in [0.4, 0.5) is 0 Å². The first-order chi connectivity index (χ1) is 9.17. The Balaban J connectivity index is 2.37. The second-order valence-electron chi connectivity index (χ2n) is 4.08. The molecule has 1 atom stereocenters. The van der Waals surface area contributed by atoms with Gasteiger partial charge in [-0.05, 0) is 30.7 Å². The van der Waals surface area contributed by atoms with E-state index in [-0.39, 0.29) is 11.9 Å². The number of carbonyl (C=O) groups is 1. The fourth-order valence-corrected chi connectivity index (χ4v) is 1.53. The van der Waals surface area contributed by atoms with E-state index in [9.17, 15) is 4.79 Å². The van der Waals surface area contributed by atoms with Crippen LogP contribution in [-0.2, 0) is 9.47 Å². The van der Waals surface area contributed by atoms with Gasteiger partial charge in [-0.1, -0.05) is 19.1 Å². The monoisotopic (exact) mass is 264 g/mol. The van der Waals surface area contributed by atoms with Gasteiger partial charge in [0, 0.05) is 13.5 Å². The minimum Gasteiger partial charge on any atom is -0.508 e. The second-order valence-corrected chi connectivity index (χ2v) is 4.08. The number of hydrogen-bond donors (Lipinski definition) is 1. The van der Waals surface area contributed by atoms with Gasteiger partial charge in [-0.25, -0.2) is 4.79 Å². The highest BCUT2D eigenvalue weighted by molar-refractivity contribution is 5.89. The summed E-state index contributed by atoms with van der Waals surface area (Å²) in [5, 5.41) is 9.13. The molecule has 0 spiro atoms. The van der Waals surface area contributed by atoms with Crippen LogP contribution in [0.1, 0.15) is 30.1 Å². The van der Waals surface area contributed by atoms with Crippen molar-refractivity contribution in [2.45, 2.75) is 25.9 Å². The predicted octanol–water partition coefficient (Wildman–Crippen LogP) is 2.92. The molecule has 1 unspecified atom stereocenters. The summed E-state index contributed by atoms with van der Waals surface area (Å²) in [5.41, 5.74) is 0.427. The molecule has 1 aromatic rings. The van der Waals surface area contributed by atoms with E-state index < -0.39 is 5.97 Å². The normalized spacial score (nSPS) is 12.5. The smallest absolute Gasteiger partial charge is 0.338 e. The molecule has 0 aliphatic carbocycles. The quantitative estimate of drug-likeness (QED) is 0.607. The highest BCUT2D eigenvalue weighted by atomic mass is 16.5. The summed E-state index contributed by atoms with van der Waals surface area (Å²) in [5.74, 6) is -0.268.